The van der Waals surface area contributed by atoms with E-state index in [1.54, 1.807) is 11.8 Å². The summed E-state index contributed by atoms with van der Waals surface area (Å²) in [6.07, 6.45) is 2.48. The van der Waals surface area contributed by atoms with E-state index in [-0.39, 0.29) is 11.9 Å². The molecule has 2 fully saturated rings. The highest BCUT2D eigenvalue weighted by atomic mass is 16.5. The number of nitrogens with two attached hydrogens (primary N) is 2. The number of amides is 2. The van der Waals surface area contributed by atoms with Crippen LogP contribution in [-0.4, -0.2) is 48.6 Å². The molecule has 2 aliphatic heterocycles. The highest BCUT2D eigenvalue weighted by Crippen LogP contribution is 2.32. The van der Waals surface area contributed by atoms with Crippen molar-refractivity contribution in [2.45, 2.75) is 38.3 Å². The lowest BCUT2D eigenvalue weighted by atomic mass is 9.83. The first-order valence-electron chi connectivity index (χ1n) is 6.40. The van der Waals surface area contributed by atoms with Gasteiger partial charge in [-0.3, -0.25) is 9.59 Å². The molecule has 0 bridgehead atoms. The fraction of sp³-hybridized carbons (Fsp3) is 0.833. The molecular formula is C12H21N3O3. The van der Waals surface area contributed by atoms with Crippen LogP contribution in [0.2, 0.25) is 0 Å². The molecule has 6 heteroatoms. The van der Waals surface area contributed by atoms with E-state index < -0.39 is 17.4 Å². The van der Waals surface area contributed by atoms with E-state index in [4.69, 9.17) is 16.2 Å². The van der Waals surface area contributed by atoms with Gasteiger partial charge in [-0.25, -0.2) is 0 Å². The summed E-state index contributed by atoms with van der Waals surface area (Å²) in [6, 6.07) is -0.809. The molecule has 0 spiro atoms. The fourth-order valence-electron chi connectivity index (χ4n) is 2.71. The van der Waals surface area contributed by atoms with Gasteiger partial charge in [0.1, 0.15) is 6.04 Å². The van der Waals surface area contributed by atoms with Crippen molar-refractivity contribution >= 4 is 11.8 Å². The summed E-state index contributed by atoms with van der Waals surface area (Å²) < 4.78 is 5.29. The number of carbonyl (C=O) groups is 2. The topological polar surface area (TPSA) is 98.6 Å². The highest BCUT2D eigenvalue weighted by Gasteiger charge is 2.48. The van der Waals surface area contributed by atoms with Gasteiger partial charge in [0, 0.05) is 12.6 Å². The molecule has 0 aliphatic carbocycles. The molecule has 0 saturated carbocycles. The third kappa shape index (κ3) is 2.10. The predicted octanol–water partition coefficient (Wildman–Crippen LogP) is -0.783. The van der Waals surface area contributed by atoms with E-state index in [2.05, 4.69) is 0 Å². The summed E-state index contributed by atoms with van der Waals surface area (Å²) in [5, 5.41) is 0. The lowest BCUT2D eigenvalue weighted by Crippen LogP contribution is -2.58. The Morgan fingerprint density at radius 2 is 2.11 bits per heavy atom. The van der Waals surface area contributed by atoms with E-state index in [1.807, 2.05) is 0 Å². The Labute approximate surface area is 107 Å². The molecule has 0 aromatic heterocycles. The maximum Gasteiger partial charge on any atom is 0.240 e. The number of ether oxygens (including phenoxy) is 1. The molecule has 6 nitrogen and oxygen atoms in total. The maximum atomic E-state index is 12.6. The number of hydrogen-bond acceptors (Lipinski definition) is 4. The van der Waals surface area contributed by atoms with Crippen LogP contribution in [0.5, 0.6) is 0 Å². The summed E-state index contributed by atoms with van der Waals surface area (Å²) >= 11 is 0. The molecule has 3 unspecified atom stereocenters. The average Bonchev–Trinajstić information content (AvgIpc) is 2.70. The van der Waals surface area contributed by atoms with Gasteiger partial charge in [0.2, 0.25) is 11.8 Å². The minimum absolute atomic E-state index is 0.101. The second-order valence-electron chi connectivity index (χ2n) is 5.45. The quantitative estimate of drug-likeness (QED) is 0.676. The Hall–Kier alpha value is -1.14. The van der Waals surface area contributed by atoms with Gasteiger partial charge in [-0.1, -0.05) is 0 Å². The van der Waals surface area contributed by atoms with Crippen LogP contribution < -0.4 is 11.5 Å². The molecule has 2 heterocycles. The van der Waals surface area contributed by atoms with Gasteiger partial charge in [0.05, 0.1) is 18.6 Å². The fourth-order valence-corrected chi connectivity index (χ4v) is 2.71. The second kappa shape index (κ2) is 4.85. The van der Waals surface area contributed by atoms with E-state index in [9.17, 15) is 9.59 Å². The number of rotatable bonds is 2. The first-order valence-corrected chi connectivity index (χ1v) is 6.40. The SMILES string of the molecule is CC1(C(=O)N2CCCCC2C(N)=O)COCC1N. The van der Waals surface area contributed by atoms with Gasteiger partial charge in [0.15, 0.2) is 0 Å². The molecular weight excluding hydrogens is 234 g/mol. The molecule has 102 valence electrons. The molecule has 3 atom stereocenters. The monoisotopic (exact) mass is 255 g/mol. The van der Waals surface area contributed by atoms with E-state index >= 15 is 0 Å². The number of piperidine rings is 1. The largest absolute Gasteiger partial charge is 0.379 e. The van der Waals surface area contributed by atoms with Gasteiger partial charge in [-0.15, -0.1) is 0 Å². The number of primary amides is 1. The number of nitrogens with zero attached hydrogens (tertiary/aromatic N) is 1. The van der Waals surface area contributed by atoms with E-state index in [0.717, 1.165) is 12.8 Å². The molecule has 0 radical (unpaired) electrons. The minimum Gasteiger partial charge on any atom is -0.379 e. The van der Waals surface area contributed by atoms with Crippen molar-refractivity contribution in [3.8, 4) is 0 Å². The van der Waals surface area contributed by atoms with E-state index in [0.29, 0.717) is 26.2 Å². The van der Waals surface area contributed by atoms with Crippen LogP contribution in [0.15, 0.2) is 0 Å². The zero-order chi connectivity index (χ0) is 13.3. The van der Waals surface area contributed by atoms with Crippen LogP contribution in [0.1, 0.15) is 26.2 Å². The zero-order valence-corrected chi connectivity index (χ0v) is 10.7. The molecule has 0 aromatic rings. The van der Waals surface area contributed by atoms with Crippen LogP contribution in [0.4, 0.5) is 0 Å². The van der Waals surface area contributed by atoms with Gasteiger partial charge < -0.3 is 21.1 Å². The van der Waals surface area contributed by atoms with Crippen LogP contribution in [0, 0.1) is 5.41 Å². The molecule has 2 rings (SSSR count). The van der Waals surface area contributed by atoms with Gasteiger partial charge in [-0.2, -0.15) is 0 Å². The minimum atomic E-state index is -0.731. The molecule has 4 N–H and O–H groups in total. The lowest BCUT2D eigenvalue weighted by molar-refractivity contribution is -0.149. The van der Waals surface area contributed by atoms with Gasteiger partial charge in [0.25, 0.3) is 0 Å². The summed E-state index contributed by atoms with van der Waals surface area (Å²) in [7, 11) is 0. The third-order valence-electron chi connectivity index (χ3n) is 4.10. The van der Waals surface area contributed by atoms with Crippen LogP contribution in [0.25, 0.3) is 0 Å². The summed E-state index contributed by atoms with van der Waals surface area (Å²) in [4.78, 5) is 25.6. The van der Waals surface area contributed by atoms with Crippen molar-refractivity contribution < 1.29 is 14.3 Å². The summed E-state index contributed by atoms with van der Waals surface area (Å²) in [6.45, 7) is 3.08. The van der Waals surface area contributed by atoms with Crippen LogP contribution in [-0.2, 0) is 14.3 Å². The lowest BCUT2D eigenvalue weighted by Gasteiger charge is -2.39. The number of hydrogen-bond donors (Lipinski definition) is 2. The second-order valence-corrected chi connectivity index (χ2v) is 5.45. The third-order valence-corrected chi connectivity index (χ3v) is 4.10. The standard InChI is InChI=1S/C12H21N3O3/c1-12(7-18-6-9(12)13)11(17)15-5-3-2-4-8(15)10(14)16/h8-9H,2-7,13H2,1H3,(H2,14,16). The Bertz CT molecular complexity index is 360. The van der Waals surface area contributed by atoms with Gasteiger partial charge >= 0.3 is 0 Å². The van der Waals surface area contributed by atoms with Crippen molar-refractivity contribution in [3.05, 3.63) is 0 Å². The summed E-state index contributed by atoms with van der Waals surface area (Å²) in [5.41, 5.74) is 10.6. The van der Waals surface area contributed by atoms with E-state index in [1.165, 1.54) is 0 Å². The Morgan fingerprint density at radius 1 is 1.39 bits per heavy atom. The van der Waals surface area contributed by atoms with Crippen molar-refractivity contribution in [2.24, 2.45) is 16.9 Å². The van der Waals surface area contributed by atoms with Crippen LogP contribution in [0.3, 0.4) is 0 Å². The van der Waals surface area contributed by atoms with Gasteiger partial charge in [-0.05, 0) is 26.2 Å². The first-order chi connectivity index (χ1) is 8.47. The Kier molecular flexibility index (Phi) is 3.59. The molecule has 0 aromatic carbocycles. The molecule has 2 saturated heterocycles. The zero-order valence-electron chi connectivity index (χ0n) is 10.7. The maximum absolute atomic E-state index is 12.6. The Morgan fingerprint density at radius 3 is 2.67 bits per heavy atom. The smallest absolute Gasteiger partial charge is 0.240 e. The number of likely N-dealkylation sites (tertiary alicyclic amines) is 1. The van der Waals surface area contributed by atoms with Crippen LogP contribution >= 0.6 is 0 Å². The molecule has 2 aliphatic rings. The van der Waals surface area contributed by atoms with Crippen molar-refractivity contribution in [1.29, 1.82) is 0 Å². The Balaban J connectivity index is 2.18. The van der Waals surface area contributed by atoms with Crippen molar-refractivity contribution in [3.63, 3.8) is 0 Å². The summed E-state index contributed by atoms with van der Waals surface area (Å²) in [5.74, 6) is -0.532. The number of carbonyl (C=O) groups excluding carboxylic acids is 2. The molecule has 18 heavy (non-hydrogen) atoms. The first kappa shape index (κ1) is 13.3. The normalized spacial score (nSPS) is 36.7. The van der Waals surface area contributed by atoms with Crippen molar-refractivity contribution in [2.75, 3.05) is 19.8 Å². The molecule has 2 amide bonds. The average molecular weight is 255 g/mol. The predicted molar refractivity (Wildman–Crippen MR) is 65.4 cm³/mol. The van der Waals surface area contributed by atoms with Crippen molar-refractivity contribution in [1.82, 2.24) is 4.90 Å². The highest BCUT2D eigenvalue weighted by molar-refractivity contribution is 5.90.